The fourth-order valence-corrected chi connectivity index (χ4v) is 6.13. The lowest BCUT2D eigenvalue weighted by Gasteiger charge is -2.18. The Balaban J connectivity index is 4.26. The molecule has 0 aromatic heterocycles. The van der Waals surface area contributed by atoms with Crippen molar-refractivity contribution in [1.29, 1.82) is 0 Å². The molecule has 0 aromatic carbocycles. The molecule has 0 aliphatic carbocycles. The van der Waals surface area contributed by atoms with Crippen LogP contribution in [-0.4, -0.2) is 37.9 Å². The van der Waals surface area contributed by atoms with Gasteiger partial charge in [0.2, 0.25) is 0 Å². The maximum atomic E-state index is 12.7. The predicted molar refractivity (Wildman–Crippen MR) is 233 cm³/mol. The van der Waals surface area contributed by atoms with Crippen molar-refractivity contribution < 1.29 is 23.8 Å². The first-order valence-electron chi connectivity index (χ1n) is 22.8. The molecule has 5 nitrogen and oxygen atoms in total. The number of ether oxygens (including phenoxy) is 3. The van der Waals surface area contributed by atoms with Crippen LogP contribution >= 0.6 is 0 Å². The Bertz CT molecular complexity index is 946. The Morgan fingerprint density at radius 1 is 0.426 bits per heavy atom. The van der Waals surface area contributed by atoms with Crippen LogP contribution in [0.4, 0.5) is 0 Å². The maximum absolute atomic E-state index is 12.7. The average Bonchev–Trinajstić information content (AvgIpc) is 3.17. The van der Waals surface area contributed by atoms with E-state index in [2.05, 4.69) is 81.5 Å². The molecule has 1 atom stereocenters. The summed E-state index contributed by atoms with van der Waals surface area (Å²) >= 11 is 0. The highest BCUT2D eigenvalue weighted by Crippen LogP contribution is 2.13. The van der Waals surface area contributed by atoms with Gasteiger partial charge in [-0.25, -0.2) is 0 Å². The maximum Gasteiger partial charge on any atom is 0.306 e. The third kappa shape index (κ3) is 42.3. The molecule has 0 heterocycles. The van der Waals surface area contributed by atoms with Gasteiger partial charge in [-0.3, -0.25) is 9.59 Å². The van der Waals surface area contributed by atoms with Gasteiger partial charge in [-0.15, -0.1) is 0 Å². The molecule has 312 valence electrons. The molecule has 0 N–H and O–H groups in total. The second-order valence-corrected chi connectivity index (χ2v) is 14.9. The van der Waals surface area contributed by atoms with Crippen molar-refractivity contribution in [3.05, 3.63) is 60.8 Å². The van der Waals surface area contributed by atoms with E-state index in [1.165, 1.54) is 96.3 Å². The van der Waals surface area contributed by atoms with Crippen molar-refractivity contribution in [2.24, 2.45) is 0 Å². The third-order valence-electron chi connectivity index (χ3n) is 9.54. The molecule has 5 heteroatoms. The van der Waals surface area contributed by atoms with Crippen molar-refractivity contribution >= 4 is 11.9 Å². The van der Waals surface area contributed by atoms with Gasteiger partial charge in [0, 0.05) is 19.4 Å². The molecule has 0 aliphatic heterocycles. The van der Waals surface area contributed by atoms with Crippen LogP contribution < -0.4 is 0 Å². The number of carbonyl (C=O) groups is 2. The summed E-state index contributed by atoms with van der Waals surface area (Å²) in [5.74, 6) is -0.429. The van der Waals surface area contributed by atoms with E-state index in [4.69, 9.17) is 14.2 Å². The third-order valence-corrected chi connectivity index (χ3v) is 9.54. The first-order valence-corrected chi connectivity index (χ1v) is 22.8. The van der Waals surface area contributed by atoms with Crippen LogP contribution in [-0.2, 0) is 23.8 Å². The number of unbranched alkanes of at least 4 members (excludes halogenated alkanes) is 20. The van der Waals surface area contributed by atoms with E-state index < -0.39 is 6.10 Å². The number of esters is 2. The zero-order valence-electron chi connectivity index (χ0n) is 35.7. The monoisotopic (exact) mass is 755 g/mol. The fourth-order valence-electron chi connectivity index (χ4n) is 6.13. The van der Waals surface area contributed by atoms with E-state index in [1.807, 2.05) is 0 Å². The Morgan fingerprint density at radius 2 is 0.852 bits per heavy atom. The van der Waals surface area contributed by atoms with E-state index in [0.29, 0.717) is 19.4 Å². The predicted octanol–water partition coefficient (Wildman–Crippen LogP) is 15.0. The van der Waals surface area contributed by atoms with Crippen LogP contribution in [0.2, 0.25) is 0 Å². The van der Waals surface area contributed by atoms with Crippen LogP contribution in [0.3, 0.4) is 0 Å². The van der Waals surface area contributed by atoms with Gasteiger partial charge in [0.25, 0.3) is 0 Å². The molecule has 0 rings (SSSR count). The number of rotatable bonds is 41. The summed E-state index contributed by atoms with van der Waals surface area (Å²) < 4.78 is 17.3. The van der Waals surface area contributed by atoms with E-state index >= 15 is 0 Å². The lowest BCUT2D eigenvalue weighted by atomic mass is 10.1. The molecule has 54 heavy (non-hydrogen) atoms. The minimum Gasteiger partial charge on any atom is -0.462 e. The molecule has 0 bridgehead atoms. The summed E-state index contributed by atoms with van der Waals surface area (Å²) in [5.41, 5.74) is 0. The summed E-state index contributed by atoms with van der Waals surface area (Å²) in [5, 5.41) is 0. The molecule has 0 saturated heterocycles. The Labute approximate surface area is 334 Å². The van der Waals surface area contributed by atoms with Gasteiger partial charge in [0.15, 0.2) is 6.10 Å². The fraction of sp³-hybridized carbons (Fsp3) is 0.755. The second kappa shape index (κ2) is 45.0. The van der Waals surface area contributed by atoms with Crippen molar-refractivity contribution in [2.45, 2.75) is 219 Å². The number of hydrogen-bond acceptors (Lipinski definition) is 5. The van der Waals surface area contributed by atoms with E-state index in [1.54, 1.807) is 0 Å². The van der Waals surface area contributed by atoms with Crippen molar-refractivity contribution in [3.8, 4) is 0 Å². The standard InChI is InChI=1S/C49H86O5/c1-4-7-10-13-16-19-21-23-24-25-26-27-28-31-33-36-39-42-48(50)53-46-47(54-49(51)43-40-37-34-30-18-15-12-9-6-3)45-52-44-41-38-35-32-29-22-20-17-14-11-8-5-2/h7,10,14,16-17,19,23-24,26-27,47H,4-6,8-9,11-13,15,18,20-22,25,28-46H2,1-3H3/b10-7-,17-14-,19-16-,24-23-,27-26-. The smallest absolute Gasteiger partial charge is 0.306 e. The quantitative estimate of drug-likeness (QED) is 0.0353. The van der Waals surface area contributed by atoms with E-state index in [-0.39, 0.29) is 25.2 Å². The summed E-state index contributed by atoms with van der Waals surface area (Å²) in [6.45, 7) is 7.63. The molecule has 0 aromatic rings. The number of allylic oxidation sites excluding steroid dienone is 10. The van der Waals surface area contributed by atoms with Gasteiger partial charge in [-0.2, -0.15) is 0 Å². The lowest BCUT2D eigenvalue weighted by Crippen LogP contribution is -2.30. The van der Waals surface area contributed by atoms with Crippen LogP contribution in [0.15, 0.2) is 60.8 Å². The molecule has 0 spiro atoms. The van der Waals surface area contributed by atoms with Crippen LogP contribution in [0.25, 0.3) is 0 Å². The van der Waals surface area contributed by atoms with Crippen LogP contribution in [0.5, 0.6) is 0 Å². The van der Waals surface area contributed by atoms with Crippen molar-refractivity contribution in [2.75, 3.05) is 19.8 Å². The normalized spacial score (nSPS) is 12.7. The second-order valence-electron chi connectivity index (χ2n) is 14.9. The first-order chi connectivity index (χ1) is 26.6. The molecule has 0 radical (unpaired) electrons. The van der Waals surface area contributed by atoms with Gasteiger partial charge in [0.05, 0.1) is 6.61 Å². The van der Waals surface area contributed by atoms with Gasteiger partial charge in [-0.05, 0) is 77.0 Å². The zero-order chi connectivity index (χ0) is 39.3. The van der Waals surface area contributed by atoms with Crippen LogP contribution in [0.1, 0.15) is 213 Å². The highest BCUT2D eigenvalue weighted by Gasteiger charge is 2.17. The van der Waals surface area contributed by atoms with Crippen molar-refractivity contribution in [1.82, 2.24) is 0 Å². The van der Waals surface area contributed by atoms with Crippen LogP contribution in [0, 0.1) is 0 Å². The summed E-state index contributed by atoms with van der Waals surface area (Å²) in [6, 6.07) is 0. The number of hydrogen-bond donors (Lipinski definition) is 0. The molecule has 0 fully saturated rings. The lowest BCUT2D eigenvalue weighted by molar-refractivity contribution is -0.163. The summed E-state index contributed by atoms with van der Waals surface area (Å²) in [6.07, 6.45) is 55.0. The van der Waals surface area contributed by atoms with Gasteiger partial charge in [-0.1, -0.05) is 184 Å². The highest BCUT2D eigenvalue weighted by atomic mass is 16.6. The average molecular weight is 755 g/mol. The van der Waals surface area contributed by atoms with Gasteiger partial charge in [0.1, 0.15) is 6.61 Å². The summed E-state index contributed by atoms with van der Waals surface area (Å²) in [4.78, 5) is 25.2. The SMILES string of the molecule is CC/C=C\C/C=C\C/C=C\C/C=C\CCCCCCC(=O)OCC(COCCCCCCCC/C=C\CCCC)OC(=O)CCCCCCCCCCC. The molecule has 0 saturated carbocycles. The van der Waals surface area contributed by atoms with Gasteiger partial charge < -0.3 is 14.2 Å². The first kappa shape index (κ1) is 51.6. The highest BCUT2D eigenvalue weighted by molar-refractivity contribution is 5.70. The minimum absolute atomic E-state index is 0.0705. The topological polar surface area (TPSA) is 61.8 Å². The molecular formula is C49H86O5. The number of carbonyl (C=O) groups excluding carboxylic acids is 2. The molecule has 1 unspecified atom stereocenters. The molecule has 0 aliphatic rings. The Hall–Kier alpha value is -2.40. The molecular weight excluding hydrogens is 669 g/mol. The van der Waals surface area contributed by atoms with E-state index in [0.717, 1.165) is 83.5 Å². The zero-order valence-corrected chi connectivity index (χ0v) is 35.7. The Morgan fingerprint density at radius 3 is 1.41 bits per heavy atom. The van der Waals surface area contributed by atoms with E-state index in [9.17, 15) is 9.59 Å². The molecule has 0 amide bonds. The summed E-state index contributed by atoms with van der Waals surface area (Å²) in [7, 11) is 0. The Kier molecular flexibility index (Phi) is 43.0. The van der Waals surface area contributed by atoms with Crippen molar-refractivity contribution in [3.63, 3.8) is 0 Å². The minimum atomic E-state index is -0.545. The largest absolute Gasteiger partial charge is 0.462 e. The van der Waals surface area contributed by atoms with Gasteiger partial charge >= 0.3 is 11.9 Å².